The summed E-state index contributed by atoms with van der Waals surface area (Å²) in [5, 5.41) is 0. The standard InChI is InChI=1S/C12H25N3O2S/c1-14(11-6-2-3-7-11)18(16,17)15-9-5-4-8-12(15)10-13/h11-12H,2-10,13H2,1H3. The molecule has 1 aliphatic carbocycles. The number of piperidine rings is 1. The molecule has 1 saturated carbocycles. The van der Waals surface area contributed by atoms with Crippen LogP contribution in [0.2, 0.25) is 0 Å². The monoisotopic (exact) mass is 275 g/mol. The van der Waals surface area contributed by atoms with Gasteiger partial charge in [-0.3, -0.25) is 0 Å². The molecule has 1 saturated heterocycles. The number of nitrogens with two attached hydrogens (primary N) is 1. The minimum atomic E-state index is -3.32. The molecule has 1 unspecified atom stereocenters. The average molecular weight is 275 g/mol. The van der Waals surface area contributed by atoms with Gasteiger partial charge in [0.05, 0.1) is 0 Å². The van der Waals surface area contributed by atoms with Gasteiger partial charge in [0.15, 0.2) is 0 Å². The van der Waals surface area contributed by atoms with Crippen molar-refractivity contribution in [1.82, 2.24) is 8.61 Å². The van der Waals surface area contributed by atoms with Crippen LogP contribution in [0.25, 0.3) is 0 Å². The lowest BCUT2D eigenvalue weighted by molar-refractivity contribution is 0.230. The van der Waals surface area contributed by atoms with Crippen molar-refractivity contribution in [3.05, 3.63) is 0 Å². The molecule has 1 aliphatic heterocycles. The third-order valence-corrected chi connectivity index (χ3v) is 6.44. The summed E-state index contributed by atoms with van der Waals surface area (Å²) in [6.45, 7) is 1.05. The van der Waals surface area contributed by atoms with E-state index in [1.165, 1.54) is 0 Å². The van der Waals surface area contributed by atoms with Gasteiger partial charge in [0.25, 0.3) is 10.2 Å². The van der Waals surface area contributed by atoms with Gasteiger partial charge in [0.1, 0.15) is 0 Å². The Hall–Kier alpha value is -0.170. The van der Waals surface area contributed by atoms with Crippen molar-refractivity contribution in [3.63, 3.8) is 0 Å². The van der Waals surface area contributed by atoms with E-state index < -0.39 is 10.2 Å². The Balaban J connectivity index is 2.12. The van der Waals surface area contributed by atoms with E-state index >= 15 is 0 Å². The van der Waals surface area contributed by atoms with Gasteiger partial charge in [0, 0.05) is 32.2 Å². The number of nitrogens with zero attached hydrogens (tertiary/aromatic N) is 2. The van der Waals surface area contributed by atoms with Gasteiger partial charge < -0.3 is 5.73 Å². The van der Waals surface area contributed by atoms with Crippen molar-refractivity contribution in [2.75, 3.05) is 20.1 Å². The third kappa shape index (κ3) is 2.71. The molecule has 0 aromatic carbocycles. The normalized spacial score (nSPS) is 28.1. The Morgan fingerprint density at radius 3 is 2.39 bits per heavy atom. The van der Waals surface area contributed by atoms with Gasteiger partial charge in [-0.05, 0) is 25.7 Å². The van der Waals surface area contributed by atoms with Crippen LogP contribution in [0.3, 0.4) is 0 Å². The molecule has 2 rings (SSSR count). The fourth-order valence-corrected chi connectivity index (χ4v) is 4.98. The first-order valence-corrected chi connectivity index (χ1v) is 8.42. The van der Waals surface area contributed by atoms with Crippen molar-refractivity contribution < 1.29 is 8.42 Å². The molecule has 106 valence electrons. The molecule has 6 heteroatoms. The molecule has 2 fully saturated rings. The summed E-state index contributed by atoms with van der Waals surface area (Å²) in [5.74, 6) is 0. The number of rotatable bonds is 4. The maximum Gasteiger partial charge on any atom is 0.282 e. The molecule has 5 nitrogen and oxygen atoms in total. The van der Waals surface area contributed by atoms with E-state index in [1.807, 2.05) is 0 Å². The number of hydrogen-bond acceptors (Lipinski definition) is 3. The van der Waals surface area contributed by atoms with E-state index in [4.69, 9.17) is 5.73 Å². The molecular weight excluding hydrogens is 250 g/mol. The zero-order chi connectivity index (χ0) is 13.2. The summed E-state index contributed by atoms with van der Waals surface area (Å²) in [5.41, 5.74) is 5.72. The van der Waals surface area contributed by atoms with Gasteiger partial charge in [0.2, 0.25) is 0 Å². The molecule has 0 aromatic heterocycles. The lowest BCUT2D eigenvalue weighted by Gasteiger charge is -2.38. The van der Waals surface area contributed by atoms with Crippen molar-refractivity contribution in [2.45, 2.75) is 57.0 Å². The van der Waals surface area contributed by atoms with Crippen molar-refractivity contribution >= 4 is 10.2 Å². The largest absolute Gasteiger partial charge is 0.329 e. The molecule has 0 amide bonds. The molecule has 1 heterocycles. The smallest absolute Gasteiger partial charge is 0.282 e. The maximum absolute atomic E-state index is 12.6. The fraction of sp³-hybridized carbons (Fsp3) is 1.00. The topological polar surface area (TPSA) is 66.6 Å². The van der Waals surface area contributed by atoms with Gasteiger partial charge >= 0.3 is 0 Å². The minimum absolute atomic E-state index is 0.00685. The predicted molar refractivity (Wildman–Crippen MR) is 72.3 cm³/mol. The van der Waals surface area contributed by atoms with E-state index in [9.17, 15) is 8.42 Å². The van der Waals surface area contributed by atoms with Crippen molar-refractivity contribution in [1.29, 1.82) is 0 Å². The summed E-state index contributed by atoms with van der Waals surface area (Å²) >= 11 is 0. The van der Waals surface area contributed by atoms with Crippen LogP contribution < -0.4 is 5.73 Å². The maximum atomic E-state index is 12.6. The molecule has 18 heavy (non-hydrogen) atoms. The van der Waals surface area contributed by atoms with Crippen LogP contribution in [0.5, 0.6) is 0 Å². The Labute approximate surface area is 110 Å². The second kappa shape index (κ2) is 5.86. The van der Waals surface area contributed by atoms with Crippen LogP contribution in [-0.4, -0.2) is 49.2 Å². The average Bonchev–Trinajstić information content (AvgIpc) is 2.91. The highest BCUT2D eigenvalue weighted by atomic mass is 32.2. The molecule has 2 N–H and O–H groups in total. The molecule has 0 aromatic rings. The van der Waals surface area contributed by atoms with Crippen LogP contribution in [-0.2, 0) is 10.2 Å². The zero-order valence-corrected chi connectivity index (χ0v) is 12.0. The molecule has 0 spiro atoms. The van der Waals surface area contributed by atoms with Crippen LogP contribution >= 0.6 is 0 Å². The van der Waals surface area contributed by atoms with E-state index in [2.05, 4.69) is 0 Å². The molecule has 0 radical (unpaired) electrons. The van der Waals surface area contributed by atoms with E-state index in [0.717, 1.165) is 44.9 Å². The van der Waals surface area contributed by atoms with Crippen molar-refractivity contribution in [2.24, 2.45) is 5.73 Å². The second-order valence-corrected chi connectivity index (χ2v) is 7.40. The van der Waals surface area contributed by atoms with E-state index in [0.29, 0.717) is 13.1 Å². The predicted octanol–water partition coefficient (Wildman–Crippen LogP) is 0.919. The zero-order valence-electron chi connectivity index (χ0n) is 11.2. The summed E-state index contributed by atoms with van der Waals surface area (Å²) in [7, 11) is -1.59. The fourth-order valence-electron chi connectivity index (χ4n) is 3.14. The highest BCUT2D eigenvalue weighted by Gasteiger charge is 2.37. The molecule has 0 bridgehead atoms. The minimum Gasteiger partial charge on any atom is -0.329 e. The Morgan fingerprint density at radius 2 is 1.78 bits per heavy atom. The summed E-state index contributed by atoms with van der Waals surface area (Å²) < 4.78 is 28.5. The second-order valence-electron chi connectivity index (χ2n) is 5.46. The summed E-state index contributed by atoms with van der Waals surface area (Å²) in [6.07, 6.45) is 7.22. The SMILES string of the molecule is CN(C1CCCC1)S(=O)(=O)N1CCCCC1CN. The van der Waals surface area contributed by atoms with Crippen LogP contribution in [0, 0.1) is 0 Å². The Bertz CT molecular complexity index is 366. The molecule has 2 aliphatic rings. The van der Waals surface area contributed by atoms with Crippen LogP contribution in [0.4, 0.5) is 0 Å². The van der Waals surface area contributed by atoms with Crippen LogP contribution in [0.1, 0.15) is 44.9 Å². The molecular formula is C12H25N3O2S. The first-order chi connectivity index (χ1) is 8.57. The number of hydrogen-bond donors (Lipinski definition) is 1. The quantitative estimate of drug-likeness (QED) is 0.829. The Kier molecular flexibility index (Phi) is 4.64. The van der Waals surface area contributed by atoms with E-state index in [1.54, 1.807) is 15.7 Å². The first kappa shape index (κ1) is 14.2. The lowest BCUT2D eigenvalue weighted by atomic mass is 10.1. The highest BCUT2D eigenvalue weighted by Crippen LogP contribution is 2.28. The Morgan fingerprint density at radius 1 is 1.17 bits per heavy atom. The van der Waals surface area contributed by atoms with Gasteiger partial charge in [-0.1, -0.05) is 19.3 Å². The highest BCUT2D eigenvalue weighted by molar-refractivity contribution is 7.86. The van der Waals surface area contributed by atoms with Gasteiger partial charge in [-0.2, -0.15) is 17.0 Å². The van der Waals surface area contributed by atoms with Crippen LogP contribution in [0.15, 0.2) is 0 Å². The van der Waals surface area contributed by atoms with Crippen molar-refractivity contribution in [3.8, 4) is 0 Å². The first-order valence-electron chi connectivity index (χ1n) is 7.02. The summed E-state index contributed by atoms with van der Waals surface area (Å²) in [6, 6.07) is 0.183. The molecule has 1 atom stereocenters. The van der Waals surface area contributed by atoms with E-state index in [-0.39, 0.29) is 12.1 Å². The van der Waals surface area contributed by atoms with Gasteiger partial charge in [-0.25, -0.2) is 0 Å². The third-order valence-electron chi connectivity index (χ3n) is 4.34. The summed E-state index contributed by atoms with van der Waals surface area (Å²) in [4.78, 5) is 0. The van der Waals surface area contributed by atoms with Gasteiger partial charge in [-0.15, -0.1) is 0 Å². The lowest BCUT2D eigenvalue weighted by Crippen LogP contribution is -2.53.